The van der Waals surface area contributed by atoms with E-state index in [1.807, 2.05) is 32.3 Å². The van der Waals surface area contributed by atoms with E-state index in [2.05, 4.69) is 40.1 Å². The van der Waals surface area contributed by atoms with Gasteiger partial charge in [0, 0.05) is 90.8 Å². The number of cyclic esters (lactones) is 1. The van der Waals surface area contributed by atoms with E-state index in [0.717, 1.165) is 30.4 Å². The summed E-state index contributed by atoms with van der Waals surface area (Å²) < 4.78 is 6.32. The molecular weight excluding hydrogens is 1140 g/mol. The van der Waals surface area contributed by atoms with Gasteiger partial charge in [0.1, 0.15) is 17.9 Å². The maximum atomic E-state index is 16.4. The lowest BCUT2D eigenvalue weighted by atomic mass is 9.37. The number of ether oxygens (including phenoxy) is 1. The Morgan fingerprint density at radius 2 is 1.66 bits per heavy atom. The molecule has 3 heterocycles. The molecule has 1 aromatic carbocycles. The number of benzene rings is 1. The van der Waals surface area contributed by atoms with Gasteiger partial charge in [0.05, 0.1) is 47.7 Å². The summed E-state index contributed by atoms with van der Waals surface area (Å²) in [6.07, 6.45) is 8.05. The molecule has 8 aliphatic carbocycles. The van der Waals surface area contributed by atoms with Gasteiger partial charge in [0.25, 0.3) is 0 Å². The number of nitrogens with one attached hydrogen (secondary N) is 2. The summed E-state index contributed by atoms with van der Waals surface area (Å²) >= 11 is 0. The van der Waals surface area contributed by atoms with Crippen LogP contribution in [-0.4, -0.2) is 142 Å². The summed E-state index contributed by atoms with van der Waals surface area (Å²) in [5.41, 5.74) is 9.37. The van der Waals surface area contributed by atoms with E-state index in [1.54, 1.807) is 31.2 Å². The Balaban J connectivity index is 1.06. The number of fused-ring (bicyclic) bond motifs is 10. The number of Topliss-reactive ketones (excluding diaryl/α,β-unsaturated/α-hetero) is 2. The molecule has 7 fully saturated rings. The first-order chi connectivity index (χ1) is 41.6. The largest absolute Gasteiger partial charge is 0.508 e. The molecule has 10 aliphatic rings. The number of allylic oxidation sites excluding steroid dienone is 3. The van der Waals surface area contributed by atoms with Gasteiger partial charge in [-0.05, 0) is 178 Å². The highest BCUT2D eigenvalue weighted by Crippen LogP contribution is 2.77. The third kappa shape index (κ3) is 10.5. The van der Waals surface area contributed by atoms with Crippen LogP contribution in [0.15, 0.2) is 70.6 Å². The average Bonchev–Trinajstić information content (AvgIpc) is 1.62. The zero-order chi connectivity index (χ0) is 61.6. The van der Waals surface area contributed by atoms with E-state index in [-0.39, 0.29) is 122 Å². The second-order valence-corrected chi connectivity index (χ2v) is 31.5. The van der Waals surface area contributed by atoms with Crippen LogP contribution >= 0.6 is 21.6 Å². The number of phenolic OH excluding ortho intramolecular Hbond substituents is 1. The van der Waals surface area contributed by atoms with Crippen molar-refractivity contribution in [2.75, 3.05) is 31.3 Å². The smallest absolute Gasteiger partial charge is 0.314 e. The van der Waals surface area contributed by atoms with Crippen molar-refractivity contribution in [2.45, 2.75) is 171 Å². The molecule has 0 unspecified atom stereocenters. The van der Waals surface area contributed by atoms with Crippen molar-refractivity contribution < 1.29 is 60.0 Å². The molecular formula is C68H93N5O12S2. The van der Waals surface area contributed by atoms with Crippen molar-refractivity contribution >= 4 is 45.1 Å². The van der Waals surface area contributed by atoms with Gasteiger partial charge in [-0.15, -0.1) is 5.92 Å². The Morgan fingerprint density at radius 1 is 0.885 bits per heavy atom. The Kier molecular flexibility index (Phi) is 17.6. The number of ketones is 2. The van der Waals surface area contributed by atoms with Gasteiger partial charge in [0.2, 0.25) is 0 Å². The van der Waals surface area contributed by atoms with Gasteiger partial charge < -0.3 is 67.4 Å². The van der Waals surface area contributed by atoms with Crippen LogP contribution in [0, 0.1) is 106 Å². The number of guanidine groups is 1. The van der Waals surface area contributed by atoms with Crippen molar-refractivity contribution in [2.24, 2.45) is 110 Å². The molecule has 14 N–H and O–H groups in total. The normalized spacial score (nSPS) is 45.5. The fourth-order valence-corrected chi connectivity index (χ4v) is 23.7. The number of aromatic amines is 1. The molecule has 19 heteroatoms. The molecule has 0 radical (unpaired) electrons. The van der Waals surface area contributed by atoms with Crippen LogP contribution in [0.3, 0.4) is 0 Å². The molecule has 4 bridgehead atoms. The molecule has 1 aromatic heterocycles. The number of hydrogen-bond donors (Lipinski definition) is 12. The highest BCUT2D eigenvalue weighted by Gasteiger charge is 2.79. The van der Waals surface area contributed by atoms with Crippen molar-refractivity contribution in [1.82, 2.24) is 10.3 Å². The van der Waals surface area contributed by atoms with Crippen LogP contribution in [0.4, 0.5) is 0 Å². The third-order valence-electron chi connectivity index (χ3n) is 24.5. The second kappa shape index (κ2) is 24.4. The number of hydrogen-bond acceptors (Lipinski definition) is 16. The minimum absolute atomic E-state index is 0.00111. The van der Waals surface area contributed by atoms with Gasteiger partial charge in [-0.2, -0.15) is 0 Å². The molecule has 474 valence electrons. The lowest BCUT2D eigenvalue weighted by Gasteiger charge is -2.68. The predicted molar refractivity (Wildman–Crippen MR) is 333 cm³/mol. The monoisotopic (exact) mass is 1240 g/mol. The number of nitrogens with zero attached hydrogens (tertiary/aromatic N) is 1. The van der Waals surface area contributed by atoms with Crippen LogP contribution in [-0.2, 0) is 19.1 Å². The quantitative estimate of drug-likeness (QED) is 0.0348. The first-order valence-corrected chi connectivity index (χ1v) is 35.0. The Morgan fingerprint density at radius 3 is 2.37 bits per heavy atom. The van der Waals surface area contributed by atoms with Crippen molar-refractivity contribution in [3.8, 4) is 17.6 Å². The maximum Gasteiger partial charge on any atom is 0.314 e. The van der Waals surface area contributed by atoms with Gasteiger partial charge in [-0.25, -0.2) is 0 Å². The fourth-order valence-electron chi connectivity index (χ4n) is 20.9. The molecule has 2 saturated heterocycles. The van der Waals surface area contributed by atoms with Crippen LogP contribution in [0.2, 0.25) is 0 Å². The van der Waals surface area contributed by atoms with E-state index in [0.29, 0.717) is 55.8 Å². The van der Waals surface area contributed by atoms with Gasteiger partial charge in [-0.1, -0.05) is 72.1 Å². The zero-order valence-corrected chi connectivity index (χ0v) is 52.4. The molecule has 5 saturated carbocycles. The van der Waals surface area contributed by atoms with Crippen LogP contribution in [0.5, 0.6) is 5.75 Å². The lowest BCUT2D eigenvalue weighted by molar-refractivity contribution is -0.230. The number of phenols is 1. The summed E-state index contributed by atoms with van der Waals surface area (Å²) in [5.74, 6) is 0.763. The summed E-state index contributed by atoms with van der Waals surface area (Å²) in [6.45, 7) is 7.12. The Bertz CT molecular complexity index is 3070. The number of aliphatic imine (C=N–C) groups is 1. The summed E-state index contributed by atoms with van der Waals surface area (Å²) in [5, 5.41) is 104. The standard InChI is InChI=1S/C68H93N5O12S2/c1-5-52-54(55(63(82)85-52)40-19-20-71-28-40)37-7-6-8-39-26-68(84)58-56(65(3)27-51(78)60(80)48-33-87-86-32-42(35-12-16-44(76)17-13-35)23-50(77)49(31-75)73-59(58)61(81)57(48)65)38-11-15-43(29-72-64(69)70)67(68,25-38)62(39)66(4,83)53(79)24-41(30-74)45-18-14-36-10-9-34(2)21-46(36)47(45)22-37/h12-14,16-17,19-20,28,34,37-39,41-43,45-49,51-57,60,62,71,73-76,78-80,83-84H,5,8-11,15,18,21-27,29-33H2,1-4H3,(H4,69,70,72)/t34-,37-,38-,39+,41-,42+,43+,45-,46-,47-,48-,49+,51-,52+,53+,54+,55-,56-,57-,60+,62+,65+,66-,67-,68+/m0/s1. The number of carbonyl (C=O) groups excluding carboxylic acids is 3. The van der Waals surface area contributed by atoms with Crippen LogP contribution in [0.1, 0.15) is 141 Å². The van der Waals surface area contributed by atoms with Gasteiger partial charge in [0.15, 0.2) is 17.5 Å². The Hall–Kier alpha value is -4.36. The van der Waals surface area contributed by atoms with Gasteiger partial charge in [-0.3, -0.25) is 19.4 Å². The topological polar surface area (TPSA) is 315 Å². The summed E-state index contributed by atoms with van der Waals surface area (Å²) in [7, 11) is 2.98. The van der Waals surface area contributed by atoms with E-state index >= 15 is 14.7 Å². The van der Waals surface area contributed by atoms with Gasteiger partial charge >= 0.3 is 5.97 Å². The number of aromatic hydroxyl groups is 1. The molecule has 25 atom stereocenters. The fraction of sp³-hybridized carbons (Fsp3) is 0.706. The number of aliphatic hydroxyl groups is 7. The minimum Gasteiger partial charge on any atom is -0.508 e. The third-order valence-corrected chi connectivity index (χ3v) is 27.1. The number of carbonyl (C=O) groups is 3. The number of aliphatic hydroxyl groups excluding tert-OH is 5. The van der Waals surface area contributed by atoms with Crippen molar-refractivity contribution in [1.29, 1.82) is 0 Å². The van der Waals surface area contributed by atoms with E-state index < -0.39 is 112 Å². The van der Waals surface area contributed by atoms with E-state index in [1.165, 1.54) is 27.2 Å². The average molecular weight is 1240 g/mol. The Labute approximate surface area is 519 Å². The molecule has 87 heavy (non-hydrogen) atoms. The first kappa shape index (κ1) is 62.8. The molecule has 2 aromatic rings. The molecule has 2 aliphatic heterocycles. The van der Waals surface area contributed by atoms with Crippen LogP contribution in [0.25, 0.3) is 0 Å². The zero-order valence-electron chi connectivity index (χ0n) is 50.8. The molecule has 17 nitrogen and oxygen atoms in total. The SMILES string of the molecule is CC[C@H]1OC(=O)[C@@H](c2cc[nH]c2)[C@@H]1[C@H]1C#CC[C@@H]2C[C@@]3(O)C4=C5N[C@H](CO)C(=O)C[C@@H](c6ccc(O)cc6)CSSC[C@@H]6[C@@H](O)[C@@H](O)C[C@](C)([C@H]4[C@H]4CC[C@H](CN=C(N)N)[C@@]3(C4)[C@H]2[C@@](C)(O)[C@H](O)C[C@@H](CO)[C@@H]2CC=C3CC[C@H](C)C[C@@H]3[C@H]2C1)[C@@H]6C5=O. The second-order valence-electron chi connectivity index (χ2n) is 29.0. The maximum absolute atomic E-state index is 16.4. The first-order valence-electron chi connectivity index (χ1n) is 32.5. The van der Waals surface area contributed by atoms with E-state index in [9.17, 15) is 40.5 Å². The van der Waals surface area contributed by atoms with Crippen molar-refractivity contribution in [3.05, 3.63) is 76.8 Å². The summed E-state index contributed by atoms with van der Waals surface area (Å²) in [6, 6.07) is 7.29. The predicted octanol–water partition coefficient (Wildman–Crippen LogP) is 6.24. The number of H-pyrrole nitrogens is 1. The number of esters is 1. The van der Waals surface area contributed by atoms with E-state index in [4.69, 9.17) is 16.2 Å². The molecule has 0 amide bonds. The minimum atomic E-state index is -2.02. The number of nitrogens with two attached hydrogens (primary N) is 2. The number of rotatable bonds is 8. The van der Waals surface area contributed by atoms with Crippen molar-refractivity contribution in [3.63, 3.8) is 0 Å². The van der Waals surface area contributed by atoms with Crippen LogP contribution < -0.4 is 16.8 Å². The highest BCUT2D eigenvalue weighted by atomic mass is 33.1. The lowest BCUT2D eigenvalue weighted by Crippen LogP contribution is -2.71. The number of aromatic nitrogens is 1. The molecule has 1 spiro atoms. The summed E-state index contributed by atoms with van der Waals surface area (Å²) in [4.78, 5) is 53.6. The molecule has 12 rings (SSSR count). The highest BCUT2D eigenvalue weighted by molar-refractivity contribution is 8.76.